The van der Waals surface area contributed by atoms with Crippen molar-refractivity contribution in [3.63, 3.8) is 0 Å². The number of nitrogens with zero attached hydrogens (tertiary/aromatic N) is 2. The summed E-state index contributed by atoms with van der Waals surface area (Å²) < 4.78 is 0. The molecule has 6 nitrogen and oxygen atoms in total. The van der Waals surface area contributed by atoms with Gasteiger partial charge in [-0.15, -0.1) is 0 Å². The summed E-state index contributed by atoms with van der Waals surface area (Å²) >= 11 is 5.73. The zero-order chi connectivity index (χ0) is 21.5. The van der Waals surface area contributed by atoms with Gasteiger partial charge in [0.1, 0.15) is 6.04 Å². The molecular weight excluding hydrogens is 408 g/mol. The average molecular weight is 433 g/mol. The van der Waals surface area contributed by atoms with E-state index in [1.807, 2.05) is 72.6 Å². The Balaban J connectivity index is 1.38. The monoisotopic (exact) mass is 432 g/mol. The first kappa shape index (κ1) is 19.8. The number of benzene rings is 2. The van der Waals surface area contributed by atoms with E-state index in [4.69, 9.17) is 12.2 Å². The predicted molar refractivity (Wildman–Crippen MR) is 124 cm³/mol. The lowest BCUT2D eigenvalue weighted by atomic mass is 10.0. The first-order valence-electron chi connectivity index (χ1n) is 10.6. The van der Waals surface area contributed by atoms with Gasteiger partial charge in [0.05, 0.1) is 12.5 Å². The van der Waals surface area contributed by atoms with E-state index >= 15 is 0 Å². The molecule has 2 atom stereocenters. The Labute approximate surface area is 186 Å². The zero-order valence-corrected chi connectivity index (χ0v) is 18.1. The lowest BCUT2D eigenvalue weighted by Gasteiger charge is -2.30. The molecular formula is C24H24N4O2S. The minimum Gasteiger partial charge on any atom is -0.361 e. The number of H-pyrrole nitrogens is 1. The highest BCUT2D eigenvalue weighted by molar-refractivity contribution is 7.80. The van der Waals surface area contributed by atoms with Gasteiger partial charge >= 0.3 is 0 Å². The molecule has 5 rings (SSSR count). The second-order valence-electron chi connectivity index (χ2n) is 8.26. The van der Waals surface area contributed by atoms with Crippen LogP contribution < -0.4 is 5.32 Å². The molecule has 2 aliphatic rings. The van der Waals surface area contributed by atoms with Crippen LogP contribution in [0.2, 0.25) is 0 Å². The lowest BCUT2D eigenvalue weighted by Crippen LogP contribution is -2.39. The number of hydrogen-bond donors (Lipinski definition) is 2. The molecule has 7 heteroatoms. The third kappa shape index (κ3) is 3.70. The first-order chi connectivity index (χ1) is 15.0. The summed E-state index contributed by atoms with van der Waals surface area (Å²) in [6, 6.07) is 17.1. The summed E-state index contributed by atoms with van der Waals surface area (Å²) in [7, 11) is 0. The second kappa shape index (κ2) is 7.81. The quantitative estimate of drug-likeness (QED) is 0.573. The Hall–Kier alpha value is -3.19. The topological polar surface area (TPSA) is 68.4 Å². The molecule has 1 aliphatic carbocycles. The number of aromatic amines is 1. The van der Waals surface area contributed by atoms with E-state index in [2.05, 4.69) is 10.3 Å². The van der Waals surface area contributed by atoms with Gasteiger partial charge in [0.25, 0.3) is 5.91 Å². The van der Waals surface area contributed by atoms with Crippen LogP contribution in [0.5, 0.6) is 0 Å². The maximum absolute atomic E-state index is 13.3. The maximum atomic E-state index is 13.3. The molecule has 2 aromatic carbocycles. The number of carbonyl (C=O) groups excluding carboxylic acids is 2. The van der Waals surface area contributed by atoms with Crippen LogP contribution in [0.15, 0.2) is 60.8 Å². The number of fused-ring (bicyclic) bond motifs is 1. The standard InChI is InChI=1S/C24H24N4O2S/c1-15(16-5-3-2-4-6-16)27-21(23(30)28(24(27)31)19-9-10-19)14-22(29)26-18-8-7-17-11-12-25-20(17)13-18/h2-8,11-13,15,19,21,25H,9-10,14H2,1H3,(H,26,29). The fourth-order valence-electron chi connectivity index (χ4n) is 4.33. The fourth-order valence-corrected chi connectivity index (χ4v) is 4.85. The molecule has 1 saturated carbocycles. The van der Waals surface area contributed by atoms with Crippen LogP contribution in [0.4, 0.5) is 5.69 Å². The Kier molecular flexibility index (Phi) is 4.98. The van der Waals surface area contributed by atoms with Crippen molar-refractivity contribution in [1.29, 1.82) is 0 Å². The minimum atomic E-state index is -0.600. The van der Waals surface area contributed by atoms with Crippen LogP contribution in [0.25, 0.3) is 10.9 Å². The number of aromatic nitrogens is 1. The van der Waals surface area contributed by atoms with Crippen molar-refractivity contribution in [1.82, 2.24) is 14.8 Å². The Morgan fingerprint density at radius 1 is 1.19 bits per heavy atom. The van der Waals surface area contributed by atoms with Gasteiger partial charge in [-0.3, -0.25) is 14.5 Å². The molecule has 2 unspecified atom stereocenters. The van der Waals surface area contributed by atoms with Crippen LogP contribution >= 0.6 is 12.2 Å². The largest absolute Gasteiger partial charge is 0.361 e. The van der Waals surface area contributed by atoms with Crippen molar-refractivity contribution in [2.45, 2.75) is 44.3 Å². The van der Waals surface area contributed by atoms with Crippen LogP contribution in [-0.2, 0) is 9.59 Å². The third-order valence-electron chi connectivity index (χ3n) is 6.11. The molecule has 158 valence electrons. The summed E-state index contributed by atoms with van der Waals surface area (Å²) in [4.78, 5) is 33.0. The highest BCUT2D eigenvalue weighted by Crippen LogP contribution is 2.38. The molecule has 0 spiro atoms. The molecule has 1 aromatic heterocycles. The van der Waals surface area contributed by atoms with Crippen LogP contribution in [0, 0.1) is 0 Å². The normalized spacial score (nSPS) is 19.8. The van der Waals surface area contributed by atoms with Gasteiger partial charge in [0.15, 0.2) is 5.11 Å². The smallest absolute Gasteiger partial charge is 0.252 e. The molecule has 2 amide bonds. The van der Waals surface area contributed by atoms with Crippen LogP contribution in [0.1, 0.15) is 37.8 Å². The second-order valence-corrected chi connectivity index (χ2v) is 8.63. The number of nitrogens with one attached hydrogen (secondary N) is 2. The summed E-state index contributed by atoms with van der Waals surface area (Å²) in [6.45, 7) is 2.04. The van der Waals surface area contributed by atoms with Crippen molar-refractivity contribution >= 4 is 45.7 Å². The van der Waals surface area contributed by atoms with Crippen molar-refractivity contribution in [3.05, 3.63) is 66.4 Å². The molecule has 31 heavy (non-hydrogen) atoms. The van der Waals surface area contributed by atoms with Gasteiger partial charge in [0, 0.05) is 23.4 Å². The minimum absolute atomic E-state index is 0.0577. The van der Waals surface area contributed by atoms with Gasteiger partial charge in [-0.1, -0.05) is 36.4 Å². The van der Waals surface area contributed by atoms with E-state index < -0.39 is 6.04 Å². The molecule has 2 heterocycles. The number of thiocarbonyl (C=S) groups is 1. The number of amides is 2. The third-order valence-corrected chi connectivity index (χ3v) is 6.52. The van der Waals surface area contributed by atoms with E-state index in [1.54, 1.807) is 4.90 Å². The number of rotatable bonds is 6. The maximum Gasteiger partial charge on any atom is 0.252 e. The molecule has 0 radical (unpaired) electrons. The van der Waals surface area contributed by atoms with Crippen LogP contribution in [-0.4, -0.2) is 43.8 Å². The predicted octanol–water partition coefficient (Wildman–Crippen LogP) is 4.22. The Morgan fingerprint density at radius 2 is 1.97 bits per heavy atom. The number of anilines is 1. The summed E-state index contributed by atoms with van der Waals surface area (Å²) in [5.41, 5.74) is 2.72. The summed E-state index contributed by atoms with van der Waals surface area (Å²) in [6.07, 6.45) is 3.86. The van der Waals surface area contributed by atoms with Gasteiger partial charge in [-0.25, -0.2) is 0 Å². The summed E-state index contributed by atoms with van der Waals surface area (Å²) in [5.74, 6) is -0.264. The number of hydrogen-bond acceptors (Lipinski definition) is 3. The van der Waals surface area contributed by atoms with Crippen molar-refractivity contribution in [2.24, 2.45) is 0 Å². The first-order valence-corrected chi connectivity index (χ1v) is 11.0. The highest BCUT2D eigenvalue weighted by atomic mass is 32.1. The van der Waals surface area contributed by atoms with Gasteiger partial charge in [-0.05, 0) is 61.1 Å². The highest BCUT2D eigenvalue weighted by Gasteiger charge is 2.50. The van der Waals surface area contributed by atoms with Gasteiger partial charge < -0.3 is 15.2 Å². The average Bonchev–Trinajstić information content (AvgIpc) is 3.43. The van der Waals surface area contributed by atoms with Crippen molar-refractivity contribution < 1.29 is 9.59 Å². The molecule has 2 N–H and O–H groups in total. The molecule has 1 saturated heterocycles. The van der Waals surface area contributed by atoms with Crippen LogP contribution in [0.3, 0.4) is 0 Å². The lowest BCUT2D eigenvalue weighted by molar-refractivity contribution is -0.131. The fraction of sp³-hybridized carbons (Fsp3) is 0.292. The zero-order valence-electron chi connectivity index (χ0n) is 17.2. The number of carbonyl (C=O) groups is 2. The molecule has 0 bridgehead atoms. The van der Waals surface area contributed by atoms with E-state index in [9.17, 15) is 9.59 Å². The van der Waals surface area contributed by atoms with Gasteiger partial charge in [-0.2, -0.15) is 0 Å². The molecule has 3 aromatic rings. The van der Waals surface area contributed by atoms with Crippen molar-refractivity contribution in [2.75, 3.05) is 5.32 Å². The Morgan fingerprint density at radius 3 is 2.71 bits per heavy atom. The van der Waals surface area contributed by atoms with Crippen molar-refractivity contribution in [3.8, 4) is 0 Å². The summed E-state index contributed by atoms with van der Waals surface area (Å²) in [5, 5.41) is 4.56. The molecule has 1 aliphatic heterocycles. The molecule has 2 fully saturated rings. The van der Waals surface area contributed by atoms with E-state index in [-0.39, 0.29) is 30.3 Å². The van der Waals surface area contributed by atoms with Gasteiger partial charge in [0.2, 0.25) is 5.91 Å². The van der Waals surface area contributed by atoms with E-state index in [0.29, 0.717) is 10.8 Å². The SMILES string of the molecule is CC(c1ccccc1)N1C(=S)N(C2CC2)C(=O)C1CC(=O)Nc1ccc2cc[nH]c2c1. The van der Waals surface area contributed by atoms with E-state index in [0.717, 1.165) is 29.3 Å². The Bertz CT molecular complexity index is 1150. The van der Waals surface area contributed by atoms with E-state index in [1.165, 1.54) is 0 Å².